The van der Waals surface area contributed by atoms with Crippen LogP contribution in [0.2, 0.25) is 0 Å². The molecule has 4 rings (SSSR count). The largest absolute Gasteiger partial charge is 0.489 e. The second-order valence-corrected chi connectivity index (χ2v) is 7.75. The number of aliphatic imine (C=N–C) groups is 1. The summed E-state index contributed by atoms with van der Waals surface area (Å²) in [5.41, 5.74) is 1.38. The van der Waals surface area contributed by atoms with Crippen LogP contribution in [0.3, 0.4) is 0 Å². The molecule has 0 aliphatic carbocycles. The average molecular weight is 422 g/mol. The van der Waals surface area contributed by atoms with Crippen LogP contribution in [0, 0.1) is 11.2 Å². The van der Waals surface area contributed by atoms with E-state index in [9.17, 15) is 9.18 Å². The molecule has 30 heavy (non-hydrogen) atoms. The number of carbonyl (C=O) groups is 1. The topological polar surface area (TPSA) is 78.1 Å². The monoisotopic (exact) mass is 422 g/mol. The Bertz CT molecular complexity index is 1090. The van der Waals surface area contributed by atoms with E-state index in [-0.39, 0.29) is 23.8 Å². The molecule has 0 spiro atoms. The van der Waals surface area contributed by atoms with Gasteiger partial charge in [-0.05, 0) is 54.4 Å². The number of ether oxygens (including phenoxy) is 1. The Morgan fingerprint density at radius 2 is 1.97 bits per heavy atom. The average Bonchev–Trinajstić information content (AvgIpc) is 3.14. The van der Waals surface area contributed by atoms with Crippen LogP contribution >= 0.6 is 11.8 Å². The standard InChI is InChI=1S/C22H19FN4O2S/c1-2-5-19-26-27-20(24)17(21(28)25-22(27)30-19)12-14-8-10-16(11-9-14)29-13-15-6-3-4-7-18(15)23/h3-4,6-12,24H,2,5,13H2,1H3/b17-12+,24-20?. The Morgan fingerprint density at radius 3 is 2.70 bits per heavy atom. The first-order valence-electron chi connectivity index (χ1n) is 9.50. The summed E-state index contributed by atoms with van der Waals surface area (Å²) >= 11 is 1.34. The molecule has 0 bridgehead atoms. The zero-order chi connectivity index (χ0) is 21.1. The molecule has 8 heteroatoms. The first-order chi connectivity index (χ1) is 14.5. The fourth-order valence-corrected chi connectivity index (χ4v) is 3.94. The van der Waals surface area contributed by atoms with Crippen LogP contribution in [0.1, 0.15) is 30.9 Å². The van der Waals surface area contributed by atoms with Gasteiger partial charge in [-0.25, -0.2) is 4.39 Å². The second kappa shape index (κ2) is 8.62. The highest BCUT2D eigenvalue weighted by molar-refractivity contribution is 8.26. The van der Waals surface area contributed by atoms with Crippen molar-refractivity contribution in [1.82, 2.24) is 5.01 Å². The number of hydrogen-bond acceptors (Lipinski definition) is 5. The van der Waals surface area contributed by atoms with Gasteiger partial charge in [-0.2, -0.15) is 15.1 Å². The number of amides is 1. The molecule has 0 aromatic heterocycles. The molecule has 0 atom stereocenters. The number of hydrogen-bond donors (Lipinski definition) is 1. The lowest BCUT2D eigenvalue weighted by molar-refractivity contribution is -0.114. The molecule has 1 N–H and O–H groups in total. The van der Waals surface area contributed by atoms with Gasteiger partial charge >= 0.3 is 0 Å². The van der Waals surface area contributed by atoms with Crippen molar-refractivity contribution in [3.05, 3.63) is 71.0 Å². The van der Waals surface area contributed by atoms with E-state index in [0.29, 0.717) is 16.5 Å². The molecule has 1 amide bonds. The third kappa shape index (κ3) is 4.18. The zero-order valence-corrected chi connectivity index (χ0v) is 17.1. The number of hydrazone groups is 1. The number of amidine groups is 2. The summed E-state index contributed by atoms with van der Waals surface area (Å²) in [6.45, 7) is 2.17. The molecule has 2 aromatic rings. The smallest absolute Gasteiger partial charge is 0.283 e. The van der Waals surface area contributed by atoms with Gasteiger partial charge in [0.15, 0.2) is 5.84 Å². The molecule has 0 saturated heterocycles. The minimum Gasteiger partial charge on any atom is -0.489 e. The maximum atomic E-state index is 13.7. The molecule has 0 unspecified atom stereocenters. The van der Waals surface area contributed by atoms with Crippen LogP contribution in [0.15, 0.2) is 64.2 Å². The van der Waals surface area contributed by atoms with Crippen molar-refractivity contribution in [1.29, 1.82) is 5.41 Å². The maximum Gasteiger partial charge on any atom is 0.283 e. The van der Waals surface area contributed by atoms with Crippen molar-refractivity contribution >= 4 is 39.8 Å². The van der Waals surface area contributed by atoms with Crippen molar-refractivity contribution < 1.29 is 13.9 Å². The van der Waals surface area contributed by atoms with Gasteiger partial charge in [0.25, 0.3) is 5.91 Å². The van der Waals surface area contributed by atoms with E-state index in [1.165, 1.54) is 22.8 Å². The van der Waals surface area contributed by atoms with Crippen molar-refractivity contribution in [3.63, 3.8) is 0 Å². The fraction of sp³-hybridized carbons (Fsp3) is 0.182. The van der Waals surface area contributed by atoms with Crippen molar-refractivity contribution in [3.8, 4) is 5.75 Å². The highest BCUT2D eigenvalue weighted by atomic mass is 32.2. The highest BCUT2D eigenvalue weighted by Gasteiger charge is 2.35. The van der Waals surface area contributed by atoms with Crippen LogP contribution in [0.5, 0.6) is 5.75 Å². The number of thioether (sulfide) groups is 1. The zero-order valence-electron chi connectivity index (χ0n) is 16.3. The molecule has 0 fully saturated rings. The Balaban J connectivity index is 1.48. The van der Waals surface area contributed by atoms with Crippen LogP contribution in [0.25, 0.3) is 6.08 Å². The lowest BCUT2D eigenvalue weighted by atomic mass is 10.1. The van der Waals surface area contributed by atoms with Crippen LogP contribution < -0.4 is 4.74 Å². The third-order valence-corrected chi connectivity index (χ3v) is 5.47. The Morgan fingerprint density at radius 1 is 1.20 bits per heavy atom. The first-order valence-corrected chi connectivity index (χ1v) is 10.3. The summed E-state index contributed by atoms with van der Waals surface area (Å²) < 4.78 is 19.3. The normalized spacial score (nSPS) is 17.1. The van der Waals surface area contributed by atoms with Gasteiger partial charge in [0, 0.05) is 5.56 Å². The van der Waals surface area contributed by atoms with E-state index in [2.05, 4.69) is 10.1 Å². The SMILES string of the molecule is CCCC1=NN2C(=N)/C(=C\c3ccc(OCc4ccccc4F)cc3)C(=O)N=C2S1. The summed E-state index contributed by atoms with van der Waals surface area (Å²) in [5.74, 6) is -0.163. The van der Waals surface area contributed by atoms with E-state index >= 15 is 0 Å². The van der Waals surface area contributed by atoms with Crippen molar-refractivity contribution in [2.75, 3.05) is 0 Å². The first kappa shape index (κ1) is 20.0. The second-order valence-electron chi connectivity index (χ2n) is 6.71. The molecule has 0 saturated carbocycles. The number of fused-ring (bicyclic) bond motifs is 1. The molecule has 2 aliphatic heterocycles. The minimum absolute atomic E-state index is 0.0171. The molecule has 0 radical (unpaired) electrons. The predicted molar refractivity (Wildman–Crippen MR) is 117 cm³/mol. The molecule has 2 aromatic carbocycles. The third-order valence-electron chi connectivity index (χ3n) is 4.50. The van der Waals surface area contributed by atoms with Crippen LogP contribution in [-0.2, 0) is 11.4 Å². The van der Waals surface area contributed by atoms with Gasteiger partial charge in [-0.3, -0.25) is 10.2 Å². The van der Waals surface area contributed by atoms with E-state index in [1.807, 2.05) is 6.92 Å². The number of nitrogens with one attached hydrogen (secondary N) is 1. The highest BCUT2D eigenvalue weighted by Crippen LogP contribution is 2.30. The number of halogens is 1. The van der Waals surface area contributed by atoms with Gasteiger partial charge in [0.05, 0.1) is 5.57 Å². The number of nitrogens with zero attached hydrogens (tertiary/aromatic N) is 3. The summed E-state index contributed by atoms with van der Waals surface area (Å²) in [4.78, 5) is 16.5. The molecular formula is C22H19FN4O2S. The van der Waals surface area contributed by atoms with Crippen molar-refractivity contribution in [2.45, 2.75) is 26.4 Å². The van der Waals surface area contributed by atoms with Gasteiger partial charge in [0.2, 0.25) is 5.17 Å². The van der Waals surface area contributed by atoms with Crippen LogP contribution in [-0.4, -0.2) is 27.0 Å². The lowest BCUT2D eigenvalue weighted by Gasteiger charge is -2.20. The van der Waals surface area contributed by atoms with Crippen molar-refractivity contribution in [2.24, 2.45) is 10.1 Å². The van der Waals surface area contributed by atoms with Gasteiger partial charge in [-0.1, -0.05) is 37.3 Å². The minimum atomic E-state index is -0.452. The van der Waals surface area contributed by atoms with Gasteiger partial charge < -0.3 is 4.74 Å². The lowest BCUT2D eigenvalue weighted by Crippen LogP contribution is -2.35. The molecule has 6 nitrogen and oxygen atoms in total. The van der Waals surface area contributed by atoms with Gasteiger partial charge in [0.1, 0.15) is 23.2 Å². The predicted octanol–water partition coefficient (Wildman–Crippen LogP) is 4.82. The van der Waals surface area contributed by atoms with E-state index < -0.39 is 5.91 Å². The number of rotatable bonds is 6. The Hall–Kier alpha value is -3.26. The summed E-state index contributed by atoms with van der Waals surface area (Å²) in [7, 11) is 0. The van der Waals surface area contributed by atoms with E-state index in [0.717, 1.165) is 23.4 Å². The molecule has 2 heterocycles. The summed E-state index contributed by atoms with van der Waals surface area (Å²) in [6, 6.07) is 13.5. The summed E-state index contributed by atoms with van der Waals surface area (Å²) in [6.07, 6.45) is 3.33. The maximum absolute atomic E-state index is 13.7. The number of carbonyl (C=O) groups excluding carboxylic acids is 1. The van der Waals surface area contributed by atoms with E-state index in [1.54, 1.807) is 48.5 Å². The summed E-state index contributed by atoms with van der Waals surface area (Å²) in [5, 5.41) is 15.5. The van der Waals surface area contributed by atoms with Crippen LogP contribution in [0.4, 0.5) is 4.39 Å². The quantitative estimate of drug-likeness (QED) is 0.677. The Labute approximate surface area is 177 Å². The molecule has 152 valence electrons. The van der Waals surface area contributed by atoms with E-state index in [4.69, 9.17) is 10.1 Å². The number of benzene rings is 2. The fourth-order valence-electron chi connectivity index (χ4n) is 2.95. The molecular weight excluding hydrogens is 403 g/mol. The molecule has 2 aliphatic rings. The van der Waals surface area contributed by atoms with Gasteiger partial charge in [-0.15, -0.1) is 0 Å². The Kier molecular flexibility index (Phi) is 5.76.